The number of hydrogen-bond acceptors (Lipinski definition) is 5. The van der Waals surface area contributed by atoms with Gasteiger partial charge in [-0.25, -0.2) is 0 Å². The van der Waals surface area contributed by atoms with Gasteiger partial charge < -0.3 is 9.47 Å². The third-order valence-corrected chi connectivity index (χ3v) is 4.48. The van der Waals surface area contributed by atoms with Gasteiger partial charge in [0.2, 0.25) is 0 Å². The van der Waals surface area contributed by atoms with Crippen LogP contribution in [0.2, 0.25) is 5.02 Å². The molecule has 1 atom stereocenters. The fourth-order valence-electron chi connectivity index (χ4n) is 3.28. The molecule has 5 nitrogen and oxygen atoms in total. The minimum absolute atomic E-state index is 0.0671. The van der Waals surface area contributed by atoms with Crippen LogP contribution in [0, 0.1) is 5.41 Å². The molecule has 0 spiro atoms. The molecule has 1 aliphatic rings. The third kappa shape index (κ3) is 2.65. The summed E-state index contributed by atoms with van der Waals surface area (Å²) in [6.07, 6.45) is 0.742. The van der Waals surface area contributed by atoms with Crippen molar-refractivity contribution in [2.75, 3.05) is 14.2 Å². The Bertz CT molecular complexity index is 676. The van der Waals surface area contributed by atoms with Gasteiger partial charge in [-0.1, -0.05) is 29.3 Å². The first kappa shape index (κ1) is 17.2. The van der Waals surface area contributed by atoms with Crippen LogP contribution >= 0.6 is 11.6 Å². The van der Waals surface area contributed by atoms with Gasteiger partial charge in [0.1, 0.15) is 6.29 Å². The molecule has 0 radical (unpaired) electrons. The quantitative estimate of drug-likeness (QED) is 0.480. The Hall–Kier alpha value is -2.14. The molecule has 0 saturated carbocycles. The molecular formula is C17H17ClO5. The van der Waals surface area contributed by atoms with E-state index in [1.807, 2.05) is 0 Å². The largest absolute Gasteiger partial charge is 0.468 e. The third-order valence-electron chi connectivity index (χ3n) is 4.25. The average molecular weight is 337 g/mol. The van der Waals surface area contributed by atoms with Crippen molar-refractivity contribution in [3.05, 3.63) is 46.0 Å². The topological polar surface area (TPSA) is 69.7 Å². The number of carbonyl (C=O) groups excluding carboxylic acids is 3. The lowest BCUT2D eigenvalue weighted by molar-refractivity contribution is -0.169. The van der Waals surface area contributed by atoms with Gasteiger partial charge in [-0.05, 0) is 31.0 Å². The molecule has 1 aromatic rings. The van der Waals surface area contributed by atoms with Crippen LogP contribution in [0.25, 0.3) is 0 Å². The summed E-state index contributed by atoms with van der Waals surface area (Å²) in [4.78, 5) is 36.6. The highest BCUT2D eigenvalue weighted by Gasteiger charge is 2.60. The molecule has 6 heteroatoms. The number of halogens is 1. The standard InChI is InChI=1S/C17H17ClO5/c1-10-8-17(15(20)22-2,16(21)23-3)14(13(10)9-19)11-5-4-6-12(18)7-11/h4-7,9,14H,8H2,1-3H3/t14-/m1/s1. The van der Waals surface area contributed by atoms with E-state index in [4.69, 9.17) is 21.1 Å². The normalized spacial score (nSPS) is 19.4. The van der Waals surface area contributed by atoms with E-state index in [0.29, 0.717) is 28.0 Å². The highest BCUT2D eigenvalue weighted by atomic mass is 35.5. The van der Waals surface area contributed by atoms with Crippen LogP contribution in [0.1, 0.15) is 24.8 Å². The molecule has 2 rings (SSSR count). The summed E-state index contributed by atoms with van der Waals surface area (Å²) in [5.41, 5.74) is 0.00482. The summed E-state index contributed by atoms with van der Waals surface area (Å²) in [5.74, 6) is -2.25. The van der Waals surface area contributed by atoms with Gasteiger partial charge in [-0.3, -0.25) is 14.4 Å². The Morgan fingerprint density at radius 2 is 1.87 bits per heavy atom. The predicted octanol–water partition coefficient (Wildman–Crippen LogP) is 2.68. The van der Waals surface area contributed by atoms with Crippen molar-refractivity contribution in [3.63, 3.8) is 0 Å². The number of hydrogen-bond donors (Lipinski definition) is 0. The van der Waals surface area contributed by atoms with E-state index < -0.39 is 23.3 Å². The first-order chi connectivity index (χ1) is 10.9. The van der Waals surface area contributed by atoms with Crippen molar-refractivity contribution in [2.24, 2.45) is 5.41 Å². The zero-order valence-electron chi connectivity index (χ0n) is 13.1. The smallest absolute Gasteiger partial charge is 0.324 e. The molecule has 0 bridgehead atoms. The molecule has 1 aromatic carbocycles. The number of ether oxygens (including phenoxy) is 2. The van der Waals surface area contributed by atoms with Gasteiger partial charge in [0.25, 0.3) is 0 Å². The van der Waals surface area contributed by atoms with Crippen LogP contribution in [0.4, 0.5) is 0 Å². The van der Waals surface area contributed by atoms with Crippen molar-refractivity contribution in [1.29, 1.82) is 0 Å². The second kappa shape index (κ2) is 6.54. The molecule has 1 aliphatic carbocycles. The van der Waals surface area contributed by atoms with Crippen molar-refractivity contribution in [3.8, 4) is 0 Å². The lowest BCUT2D eigenvalue weighted by atomic mass is 9.71. The molecule has 0 amide bonds. The van der Waals surface area contributed by atoms with Gasteiger partial charge >= 0.3 is 11.9 Å². The molecule has 0 heterocycles. The van der Waals surface area contributed by atoms with Gasteiger partial charge in [-0.15, -0.1) is 0 Å². The molecule has 0 saturated heterocycles. The lowest BCUT2D eigenvalue weighted by Gasteiger charge is -2.31. The zero-order valence-corrected chi connectivity index (χ0v) is 13.8. The SMILES string of the molecule is COC(=O)C1(C(=O)OC)CC(C)=C(C=O)[C@H]1c1cccc(Cl)c1. The molecule has 0 fully saturated rings. The number of aldehydes is 1. The maximum atomic E-state index is 12.5. The van der Waals surface area contributed by atoms with Gasteiger partial charge in [0.15, 0.2) is 5.41 Å². The Labute approximate surface area is 139 Å². The number of methoxy groups -OCH3 is 2. The summed E-state index contributed by atoms with van der Waals surface area (Å²) in [5, 5.41) is 0.445. The first-order valence-electron chi connectivity index (χ1n) is 6.99. The van der Waals surface area contributed by atoms with Crippen molar-refractivity contribution >= 4 is 29.8 Å². The van der Waals surface area contributed by atoms with Gasteiger partial charge in [-0.2, -0.15) is 0 Å². The Morgan fingerprint density at radius 3 is 2.35 bits per heavy atom. The van der Waals surface area contributed by atoms with Gasteiger partial charge in [0.05, 0.1) is 14.2 Å². The molecule has 0 aliphatic heterocycles. The summed E-state index contributed by atoms with van der Waals surface area (Å²) in [7, 11) is 2.41. The average Bonchev–Trinajstić information content (AvgIpc) is 2.86. The molecule has 23 heavy (non-hydrogen) atoms. The minimum atomic E-state index is -1.62. The van der Waals surface area contributed by atoms with E-state index in [1.165, 1.54) is 14.2 Å². The van der Waals surface area contributed by atoms with Crippen LogP contribution in [-0.2, 0) is 23.9 Å². The Kier molecular flexibility index (Phi) is 4.90. The molecule has 0 N–H and O–H groups in total. The van der Waals surface area contributed by atoms with Crippen LogP contribution in [0.15, 0.2) is 35.4 Å². The maximum absolute atomic E-state index is 12.5. The van der Waals surface area contributed by atoms with Crippen LogP contribution in [-0.4, -0.2) is 32.4 Å². The highest BCUT2D eigenvalue weighted by Crippen LogP contribution is 2.53. The van der Waals surface area contributed by atoms with Crippen molar-refractivity contribution in [1.82, 2.24) is 0 Å². The number of esters is 2. The number of carbonyl (C=O) groups is 3. The van der Waals surface area contributed by atoms with E-state index in [1.54, 1.807) is 31.2 Å². The first-order valence-corrected chi connectivity index (χ1v) is 7.37. The second-order valence-corrected chi connectivity index (χ2v) is 5.91. The van der Waals surface area contributed by atoms with Crippen LogP contribution in [0.3, 0.4) is 0 Å². The fraction of sp³-hybridized carbons (Fsp3) is 0.353. The Balaban J connectivity index is 2.73. The number of rotatable bonds is 4. The second-order valence-electron chi connectivity index (χ2n) is 5.47. The summed E-state index contributed by atoms with van der Waals surface area (Å²) in [6, 6.07) is 6.73. The fourth-order valence-corrected chi connectivity index (χ4v) is 3.48. The lowest BCUT2D eigenvalue weighted by Crippen LogP contribution is -2.44. The van der Waals surface area contributed by atoms with E-state index >= 15 is 0 Å². The minimum Gasteiger partial charge on any atom is -0.468 e. The van der Waals surface area contributed by atoms with E-state index in [0.717, 1.165) is 0 Å². The monoisotopic (exact) mass is 336 g/mol. The Morgan fingerprint density at radius 1 is 1.26 bits per heavy atom. The van der Waals surface area contributed by atoms with E-state index in [-0.39, 0.29) is 6.42 Å². The van der Waals surface area contributed by atoms with E-state index in [9.17, 15) is 14.4 Å². The van der Waals surface area contributed by atoms with Crippen LogP contribution < -0.4 is 0 Å². The maximum Gasteiger partial charge on any atom is 0.324 e. The molecule has 0 unspecified atom stereocenters. The summed E-state index contributed by atoms with van der Waals surface area (Å²) in [6.45, 7) is 1.72. The van der Waals surface area contributed by atoms with Crippen molar-refractivity contribution in [2.45, 2.75) is 19.3 Å². The van der Waals surface area contributed by atoms with E-state index in [2.05, 4.69) is 0 Å². The van der Waals surface area contributed by atoms with Crippen molar-refractivity contribution < 1.29 is 23.9 Å². The molecule has 122 valence electrons. The van der Waals surface area contributed by atoms with Gasteiger partial charge in [0, 0.05) is 16.5 Å². The number of allylic oxidation sites excluding steroid dienone is 2. The zero-order chi connectivity index (χ0) is 17.2. The summed E-state index contributed by atoms with van der Waals surface area (Å²) < 4.78 is 9.74. The number of benzene rings is 1. The predicted molar refractivity (Wildman–Crippen MR) is 84.0 cm³/mol. The molecule has 0 aromatic heterocycles. The summed E-state index contributed by atoms with van der Waals surface area (Å²) >= 11 is 6.03. The van der Waals surface area contributed by atoms with Crippen LogP contribution in [0.5, 0.6) is 0 Å². The molecular weight excluding hydrogens is 320 g/mol. The highest BCUT2D eigenvalue weighted by molar-refractivity contribution is 6.30.